The average Bonchev–Trinajstić information content (AvgIpc) is 3.22. The Labute approximate surface area is 164 Å². The van der Waals surface area contributed by atoms with Crippen molar-refractivity contribution < 1.29 is 39.2 Å². The second-order valence-electron chi connectivity index (χ2n) is 6.68. The molecule has 1 saturated carbocycles. The molecule has 3 atom stereocenters. The first kappa shape index (κ1) is 20.1. The van der Waals surface area contributed by atoms with E-state index in [-0.39, 0.29) is 18.8 Å². The molecule has 1 aromatic carbocycles. The number of H-pyrrole nitrogens is 1. The number of hydrogen-bond acceptors (Lipinski definition) is 7. The lowest BCUT2D eigenvalue weighted by Crippen LogP contribution is -2.36. The summed E-state index contributed by atoms with van der Waals surface area (Å²) in [6, 6.07) is 9.42. The predicted octanol–water partition coefficient (Wildman–Crippen LogP) is 2.01. The van der Waals surface area contributed by atoms with Crippen LogP contribution in [0.3, 0.4) is 0 Å². The molecule has 1 aliphatic rings. The van der Waals surface area contributed by atoms with Gasteiger partial charge in [-0.3, -0.25) is 4.79 Å². The van der Waals surface area contributed by atoms with Crippen LogP contribution in [0.25, 0.3) is 0 Å². The summed E-state index contributed by atoms with van der Waals surface area (Å²) in [6.45, 7) is 0. The molecule has 1 aliphatic carbocycles. The Morgan fingerprint density at radius 2 is 1.72 bits per heavy atom. The Hall–Kier alpha value is -3.69. The lowest BCUT2D eigenvalue weighted by Gasteiger charge is -2.32. The van der Waals surface area contributed by atoms with Gasteiger partial charge in [-0.15, -0.1) is 0 Å². The Morgan fingerprint density at radius 1 is 1.00 bits per heavy atom. The highest BCUT2D eigenvalue weighted by molar-refractivity contribution is 5.99. The highest BCUT2D eigenvalue weighted by Gasteiger charge is 2.41. The average molecular weight is 402 g/mol. The molecular weight excluding hydrogens is 384 g/mol. The standard InChI is InChI=1S/C19H18N2O8/c22-16(23)13-8-11(10-4-2-1-3-5-10)6-7-12(13)18(26)28-29-19(27)15-14(17(24)25)20-9-21-15/h1-5,9,11-13H,6-8H2,(H,20,21)(H,22,23)(H,24,25)/t11-,12-,13+/m1/s1. The number of nitrogens with one attached hydrogen (secondary N) is 1. The van der Waals surface area contributed by atoms with Crippen molar-refractivity contribution in [3.8, 4) is 0 Å². The molecule has 10 heteroatoms. The maximum atomic E-state index is 12.3. The third-order valence-corrected chi connectivity index (χ3v) is 4.99. The Balaban J connectivity index is 1.64. The van der Waals surface area contributed by atoms with Crippen molar-refractivity contribution in [1.82, 2.24) is 9.97 Å². The van der Waals surface area contributed by atoms with Crippen LogP contribution < -0.4 is 0 Å². The molecule has 1 heterocycles. The summed E-state index contributed by atoms with van der Waals surface area (Å²) in [4.78, 5) is 61.6. The number of carboxylic acid groups (broad SMARTS) is 2. The van der Waals surface area contributed by atoms with Gasteiger partial charge >= 0.3 is 23.9 Å². The number of nitrogens with zero attached hydrogens (tertiary/aromatic N) is 1. The Bertz CT molecular complexity index is 923. The van der Waals surface area contributed by atoms with Gasteiger partial charge in [0.2, 0.25) is 0 Å². The fourth-order valence-corrected chi connectivity index (χ4v) is 3.55. The lowest BCUT2D eigenvalue weighted by molar-refractivity contribution is -0.241. The molecule has 0 bridgehead atoms. The van der Waals surface area contributed by atoms with Crippen molar-refractivity contribution in [1.29, 1.82) is 0 Å². The highest BCUT2D eigenvalue weighted by atomic mass is 17.2. The number of carbonyl (C=O) groups is 4. The number of hydrogen-bond donors (Lipinski definition) is 3. The largest absolute Gasteiger partial charge is 0.481 e. The van der Waals surface area contributed by atoms with Gasteiger partial charge in [0, 0.05) is 0 Å². The summed E-state index contributed by atoms with van der Waals surface area (Å²) in [5, 5.41) is 18.5. The first-order chi connectivity index (χ1) is 13.9. The lowest BCUT2D eigenvalue weighted by atomic mass is 9.72. The third-order valence-electron chi connectivity index (χ3n) is 4.99. The van der Waals surface area contributed by atoms with Crippen LogP contribution in [0.5, 0.6) is 0 Å². The van der Waals surface area contributed by atoms with Crippen LogP contribution in [0, 0.1) is 11.8 Å². The molecule has 2 aromatic rings. The SMILES string of the molecule is O=C(O)c1nc[nH]c1C(=O)OOC(=O)[C@@H]1CC[C@@H](c2ccccc2)C[C@@H]1C(=O)O. The molecular formula is C19H18N2O8. The van der Waals surface area contributed by atoms with Crippen molar-refractivity contribution in [3.63, 3.8) is 0 Å². The van der Waals surface area contributed by atoms with Crippen LogP contribution in [-0.2, 0) is 19.4 Å². The predicted molar refractivity (Wildman–Crippen MR) is 94.7 cm³/mol. The van der Waals surface area contributed by atoms with Crippen molar-refractivity contribution >= 4 is 23.9 Å². The number of imidazole rings is 1. The molecule has 0 saturated heterocycles. The fraction of sp³-hybridized carbons (Fsp3) is 0.316. The molecule has 0 aliphatic heterocycles. The second kappa shape index (κ2) is 8.55. The van der Waals surface area contributed by atoms with E-state index in [1.165, 1.54) is 0 Å². The highest BCUT2D eigenvalue weighted by Crippen LogP contribution is 2.40. The van der Waals surface area contributed by atoms with E-state index in [2.05, 4.69) is 19.7 Å². The first-order valence-corrected chi connectivity index (χ1v) is 8.85. The minimum Gasteiger partial charge on any atom is -0.481 e. The summed E-state index contributed by atoms with van der Waals surface area (Å²) in [5.74, 6) is -6.84. The van der Waals surface area contributed by atoms with Crippen molar-refractivity contribution in [2.75, 3.05) is 0 Å². The van der Waals surface area contributed by atoms with Gasteiger partial charge in [0.25, 0.3) is 0 Å². The van der Waals surface area contributed by atoms with E-state index in [4.69, 9.17) is 5.11 Å². The van der Waals surface area contributed by atoms with Crippen molar-refractivity contribution in [2.24, 2.45) is 11.8 Å². The van der Waals surface area contributed by atoms with Crippen LogP contribution in [0.2, 0.25) is 0 Å². The van der Waals surface area contributed by atoms with Crippen LogP contribution >= 0.6 is 0 Å². The van der Waals surface area contributed by atoms with Gasteiger partial charge in [-0.1, -0.05) is 30.3 Å². The van der Waals surface area contributed by atoms with Gasteiger partial charge in [0.1, 0.15) is 0 Å². The molecule has 0 spiro atoms. The maximum Gasteiger partial charge on any atom is 0.404 e. The maximum absolute atomic E-state index is 12.3. The quantitative estimate of drug-likeness (QED) is 0.503. The third kappa shape index (κ3) is 4.42. The molecule has 1 fully saturated rings. The zero-order valence-electron chi connectivity index (χ0n) is 15.1. The number of aromatic carboxylic acids is 1. The Morgan fingerprint density at radius 3 is 2.38 bits per heavy atom. The number of aromatic nitrogens is 2. The molecule has 1 aromatic heterocycles. The van der Waals surface area contributed by atoms with Gasteiger partial charge in [0.05, 0.1) is 18.2 Å². The van der Waals surface area contributed by atoms with E-state index in [0.29, 0.717) is 6.42 Å². The summed E-state index contributed by atoms with van der Waals surface area (Å²) < 4.78 is 0. The van der Waals surface area contributed by atoms with Crippen molar-refractivity contribution in [2.45, 2.75) is 25.2 Å². The molecule has 0 amide bonds. The molecule has 0 unspecified atom stereocenters. The fourth-order valence-electron chi connectivity index (χ4n) is 3.55. The summed E-state index contributed by atoms with van der Waals surface area (Å²) >= 11 is 0. The first-order valence-electron chi connectivity index (χ1n) is 8.85. The summed E-state index contributed by atoms with van der Waals surface area (Å²) in [5.41, 5.74) is -0.0804. The topological polar surface area (TPSA) is 156 Å². The summed E-state index contributed by atoms with van der Waals surface area (Å²) in [7, 11) is 0. The molecule has 3 rings (SSSR count). The van der Waals surface area contributed by atoms with E-state index in [9.17, 15) is 24.3 Å². The zero-order valence-corrected chi connectivity index (χ0v) is 15.1. The molecule has 152 valence electrons. The van der Waals surface area contributed by atoms with Gasteiger partial charge in [-0.05, 0) is 30.7 Å². The van der Waals surface area contributed by atoms with Crippen LogP contribution in [-0.4, -0.2) is 44.1 Å². The van der Waals surface area contributed by atoms with E-state index >= 15 is 0 Å². The van der Waals surface area contributed by atoms with E-state index < -0.39 is 47.1 Å². The number of carbonyl (C=O) groups excluding carboxylic acids is 2. The van der Waals surface area contributed by atoms with Gasteiger partial charge < -0.3 is 15.2 Å². The second-order valence-corrected chi connectivity index (χ2v) is 6.68. The minimum absolute atomic E-state index is 0.00739. The van der Waals surface area contributed by atoms with Crippen LogP contribution in [0.1, 0.15) is 51.7 Å². The van der Waals surface area contributed by atoms with Gasteiger partial charge in [-0.2, -0.15) is 0 Å². The van der Waals surface area contributed by atoms with E-state index in [1.54, 1.807) is 0 Å². The summed E-state index contributed by atoms with van der Waals surface area (Å²) in [6.07, 6.45) is 2.05. The smallest absolute Gasteiger partial charge is 0.404 e. The number of rotatable bonds is 5. The monoisotopic (exact) mass is 402 g/mol. The number of aromatic amines is 1. The van der Waals surface area contributed by atoms with Crippen molar-refractivity contribution in [3.05, 3.63) is 53.6 Å². The molecule has 0 radical (unpaired) electrons. The number of carboxylic acids is 2. The van der Waals surface area contributed by atoms with E-state index in [0.717, 1.165) is 11.9 Å². The Kier molecular flexibility index (Phi) is 5.91. The number of benzene rings is 1. The molecule has 29 heavy (non-hydrogen) atoms. The van der Waals surface area contributed by atoms with Crippen LogP contribution in [0.4, 0.5) is 0 Å². The van der Waals surface area contributed by atoms with Gasteiger partial charge in [0.15, 0.2) is 11.4 Å². The van der Waals surface area contributed by atoms with Gasteiger partial charge in [-0.25, -0.2) is 29.1 Å². The minimum atomic E-state index is -1.46. The molecule has 3 N–H and O–H groups in total. The molecule has 10 nitrogen and oxygen atoms in total. The number of aliphatic carboxylic acids is 1. The normalized spacial score (nSPS) is 21.2. The zero-order chi connectivity index (χ0) is 21.0. The van der Waals surface area contributed by atoms with Crippen LogP contribution in [0.15, 0.2) is 36.7 Å². The van der Waals surface area contributed by atoms with E-state index in [1.807, 2.05) is 30.3 Å².